The van der Waals surface area contributed by atoms with Crippen LogP contribution < -0.4 is 0 Å². The van der Waals surface area contributed by atoms with Crippen LogP contribution in [0.1, 0.15) is 37.6 Å². The number of rotatable bonds is 4. The van der Waals surface area contributed by atoms with Crippen LogP contribution in [-0.4, -0.2) is 34.0 Å². The summed E-state index contributed by atoms with van der Waals surface area (Å²) in [5, 5.41) is 8.68. The molecule has 4 nitrogen and oxygen atoms in total. The van der Waals surface area contributed by atoms with Crippen LogP contribution in [0, 0.1) is 5.82 Å². The Balaban J connectivity index is 3.03. The first-order valence-electron chi connectivity index (χ1n) is 6.11. The third-order valence-electron chi connectivity index (χ3n) is 2.77. The molecule has 110 valence electrons. The van der Waals surface area contributed by atoms with Crippen molar-refractivity contribution in [3.05, 3.63) is 34.6 Å². The van der Waals surface area contributed by atoms with Gasteiger partial charge >= 0.3 is 5.97 Å². The summed E-state index contributed by atoms with van der Waals surface area (Å²) in [5.41, 5.74) is -0.421. The summed E-state index contributed by atoms with van der Waals surface area (Å²) in [6.07, 6.45) is -0.168. The highest BCUT2D eigenvalue weighted by Crippen LogP contribution is 2.21. The summed E-state index contributed by atoms with van der Waals surface area (Å²) >= 11 is 5.58. The zero-order valence-corrected chi connectivity index (χ0v) is 12.4. The Morgan fingerprint density at radius 1 is 1.35 bits per heavy atom. The van der Waals surface area contributed by atoms with Crippen molar-refractivity contribution in [2.24, 2.45) is 0 Å². The molecule has 20 heavy (non-hydrogen) atoms. The fourth-order valence-corrected chi connectivity index (χ4v) is 1.85. The second-order valence-electron chi connectivity index (χ2n) is 5.40. The number of carboxylic acid groups (broad SMARTS) is 1. The molecule has 1 aromatic rings. The molecule has 1 rings (SSSR count). The zero-order valence-electron chi connectivity index (χ0n) is 11.6. The topological polar surface area (TPSA) is 57.6 Å². The summed E-state index contributed by atoms with van der Waals surface area (Å²) in [4.78, 5) is 24.5. The maximum atomic E-state index is 13.4. The van der Waals surface area contributed by atoms with Gasteiger partial charge in [-0.25, -0.2) is 4.39 Å². The van der Waals surface area contributed by atoms with E-state index in [1.807, 2.05) is 0 Å². The van der Waals surface area contributed by atoms with Crippen LogP contribution in [0.5, 0.6) is 0 Å². The normalized spacial score (nSPS) is 11.2. The van der Waals surface area contributed by atoms with Crippen molar-refractivity contribution in [2.75, 3.05) is 6.54 Å². The number of amides is 1. The average Bonchev–Trinajstić information content (AvgIpc) is 2.30. The van der Waals surface area contributed by atoms with Gasteiger partial charge in [0.1, 0.15) is 5.82 Å². The number of nitrogens with zero attached hydrogens (tertiary/aromatic N) is 1. The molecule has 0 aliphatic heterocycles. The number of carboxylic acids is 1. The molecular formula is C14H17ClFNO3. The SMILES string of the molecule is CC(C)(C)N(CCC(=O)O)C(=O)c1ccc(Cl)c(F)c1. The number of hydrogen-bond acceptors (Lipinski definition) is 2. The molecule has 6 heteroatoms. The molecule has 0 radical (unpaired) electrons. The molecule has 1 N–H and O–H groups in total. The molecule has 0 heterocycles. The lowest BCUT2D eigenvalue weighted by Gasteiger charge is -2.35. The lowest BCUT2D eigenvalue weighted by Crippen LogP contribution is -2.46. The van der Waals surface area contributed by atoms with Gasteiger partial charge in [0.05, 0.1) is 11.4 Å². The van der Waals surface area contributed by atoms with Crippen LogP contribution in [0.15, 0.2) is 18.2 Å². The maximum absolute atomic E-state index is 13.4. The predicted molar refractivity (Wildman–Crippen MR) is 74.5 cm³/mol. The Labute approximate surface area is 122 Å². The summed E-state index contributed by atoms with van der Waals surface area (Å²) in [7, 11) is 0. The second-order valence-corrected chi connectivity index (χ2v) is 5.81. The van der Waals surface area contributed by atoms with Crippen molar-refractivity contribution in [3.63, 3.8) is 0 Å². The lowest BCUT2D eigenvalue weighted by molar-refractivity contribution is -0.137. The fraction of sp³-hybridized carbons (Fsp3) is 0.429. The van der Waals surface area contributed by atoms with E-state index in [0.717, 1.165) is 6.07 Å². The van der Waals surface area contributed by atoms with Gasteiger partial charge in [-0.2, -0.15) is 0 Å². The first-order chi connectivity index (χ1) is 9.12. The maximum Gasteiger partial charge on any atom is 0.305 e. The fourth-order valence-electron chi connectivity index (χ4n) is 1.73. The van der Waals surface area contributed by atoms with E-state index in [0.29, 0.717) is 0 Å². The number of carbonyl (C=O) groups excluding carboxylic acids is 1. The van der Waals surface area contributed by atoms with Gasteiger partial charge in [0.2, 0.25) is 0 Å². The summed E-state index contributed by atoms with van der Waals surface area (Å²) < 4.78 is 13.4. The van der Waals surface area contributed by atoms with Crippen molar-refractivity contribution in [3.8, 4) is 0 Å². The molecule has 0 saturated heterocycles. The van der Waals surface area contributed by atoms with Gasteiger partial charge in [-0.15, -0.1) is 0 Å². The number of hydrogen-bond donors (Lipinski definition) is 1. The Hall–Kier alpha value is -1.62. The number of halogens is 2. The molecule has 0 atom stereocenters. The van der Waals surface area contributed by atoms with Crippen molar-refractivity contribution >= 4 is 23.5 Å². The quantitative estimate of drug-likeness (QED) is 0.929. The van der Waals surface area contributed by atoms with Gasteiger partial charge in [0.15, 0.2) is 0 Å². The summed E-state index contributed by atoms with van der Waals surface area (Å²) in [6.45, 7) is 5.43. The van der Waals surface area contributed by atoms with E-state index in [-0.39, 0.29) is 23.6 Å². The number of carbonyl (C=O) groups is 2. The third kappa shape index (κ3) is 4.20. The van der Waals surface area contributed by atoms with E-state index in [4.69, 9.17) is 16.7 Å². The minimum Gasteiger partial charge on any atom is -0.481 e. The largest absolute Gasteiger partial charge is 0.481 e. The molecule has 0 aromatic heterocycles. The van der Waals surface area contributed by atoms with Gasteiger partial charge in [0, 0.05) is 17.6 Å². The Morgan fingerprint density at radius 2 is 1.95 bits per heavy atom. The van der Waals surface area contributed by atoms with Gasteiger partial charge in [-0.05, 0) is 39.0 Å². The van der Waals surface area contributed by atoms with Crippen molar-refractivity contribution in [2.45, 2.75) is 32.7 Å². The van der Waals surface area contributed by atoms with E-state index < -0.39 is 23.2 Å². The predicted octanol–water partition coefficient (Wildman–Crippen LogP) is 3.19. The van der Waals surface area contributed by atoms with Crippen molar-refractivity contribution in [1.29, 1.82) is 0 Å². The van der Waals surface area contributed by atoms with Crippen molar-refractivity contribution < 1.29 is 19.1 Å². The van der Waals surface area contributed by atoms with E-state index in [1.54, 1.807) is 20.8 Å². The highest BCUT2D eigenvalue weighted by atomic mass is 35.5. The first-order valence-corrected chi connectivity index (χ1v) is 6.49. The highest BCUT2D eigenvalue weighted by Gasteiger charge is 2.28. The Bertz CT molecular complexity index is 526. The van der Waals surface area contributed by atoms with Crippen LogP contribution in [0.25, 0.3) is 0 Å². The molecule has 0 spiro atoms. The summed E-state index contributed by atoms with van der Waals surface area (Å²) in [5.74, 6) is -2.09. The van der Waals surface area contributed by atoms with Crippen LogP contribution in [0.4, 0.5) is 4.39 Å². The highest BCUT2D eigenvalue weighted by molar-refractivity contribution is 6.30. The molecule has 0 unspecified atom stereocenters. The van der Waals surface area contributed by atoms with E-state index >= 15 is 0 Å². The first kappa shape index (κ1) is 16.4. The number of benzene rings is 1. The molecular weight excluding hydrogens is 285 g/mol. The molecule has 0 aliphatic carbocycles. The smallest absolute Gasteiger partial charge is 0.305 e. The Morgan fingerprint density at radius 3 is 2.40 bits per heavy atom. The van der Waals surface area contributed by atoms with Gasteiger partial charge < -0.3 is 10.0 Å². The van der Waals surface area contributed by atoms with Gasteiger partial charge in [0.25, 0.3) is 5.91 Å². The molecule has 1 amide bonds. The zero-order chi connectivity index (χ0) is 15.5. The van der Waals surface area contributed by atoms with Gasteiger partial charge in [-0.1, -0.05) is 11.6 Å². The van der Waals surface area contributed by atoms with Crippen LogP contribution in [-0.2, 0) is 4.79 Å². The monoisotopic (exact) mass is 301 g/mol. The van der Waals surface area contributed by atoms with E-state index in [9.17, 15) is 14.0 Å². The average molecular weight is 302 g/mol. The molecule has 0 saturated carbocycles. The summed E-state index contributed by atoms with van der Waals surface area (Å²) in [6, 6.07) is 3.79. The number of aliphatic carboxylic acids is 1. The second kappa shape index (κ2) is 6.22. The molecule has 1 aromatic carbocycles. The lowest BCUT2D eigenvalue weighted by atomic mass is 10.0. The minimum atomic E-state index is -0.991. The molecule has 0 bridgehead atoms. The van der Waals surface area contributed by atoms with Gasteiger partial charge in [-0.3, -0.25) is 9.59 Å². The Kier molecular flexibility index (Phi) is 5.11. The van der Waals surface area contributed by atoms with E-state index in [1.165, 1.54) is 17.0 Å². The third-order valence-corrected chi connectivity index (χ3v) is 3.08. The minimum absolute atomic E-state index is 0.0575. The standard InChI is InChI=1S/C14H17ClFNO3/c1-14(2,3)17(7-6-12(18)19)13(20)9-4-5-10(15)11(16)8-9/h4-5,8H,6-7H2,1-3H3,(H,18,19). The van der Waals surface area contributed by atoms with Crippen LogP contribution >= 0.6 is 11.6 Å². The van der Waals surface area contributed by atoms with E-state index in [2.05, 4.69) is 0 Å². The molecule has 0 aliphatic rings. The van der Waals surface area contributed by atoms with Crippen LogP contribution in [0.3, 0.4) is 0 Å². The van der Waals surface area contributed by atoms with Crippen molar-refractivity contribution in [1.82, 2.24) is 4.90 Å². The molecule has 0 fully saturated rings. The van der Waals surface area contributed by atoms with Crippen LogP contribution in [0.2, 0.25) is 5.02 Å².